The summed E-state index contributed by atoms with van der Waals surface area (Å²) in [6.45, 7) is 0. The second kappa shape index (κ2) is 6.07. The second-order valence-corrected chi connectivity index (χ2v) is 6.19. The molecule has 0 saturated heterocycles. The zero-order valence-electron chi connectivity index (χ0n) is 12.2. The van der Waals surface area contributed by atoms with Gasteiger partial charge in [-0.25, -0.2) is 0 Å². The number of aromatic amines is 1. The normalized spacial score (nSPS) is 10.9. The molecule has 0 spiro atoms. The van der Waals surface area contributed by atoms with Gasteiger partial charge < -0.3 is 4.98 Å². The summed E-state index contributed by atoms with van der Waals surface area (Å²) < 4.78 is 4.25. The van der Waals surface area contributed by atoms with E-state index in [4.69, 9.17) is 11.6 Å². The summed E-state index contributed by atoms with van der Waals surface area (Å²) in [7, 11) is 0. The first kappa shape index (κ1) is 14.9. The maximum Gasteiger partial charge on any atom is 0.274 e. The standard InChI is InChI=1S/C17H10ClN4OS/c18-12-7-3-2-6-11(12)15-20-17(24-22-15)21-16(23)14-9-10-5-1-4-8-13(10)19-14/h1-8,19H,(H,20,21,22,23). The molecular weight excluding hydrogens is 344 g/mol. The molecule has 2 heterocycles. The van der Waals surface area contributed by atoms with Gasteiger partial charge in [-0.2, -0.15) is 9.36 Å². The van der Waals surface area contributed by atoms with Gasteiger partial charge in [-0.15, -0.1) is 0 Å². The summed E-state index contributed by atoms with van der Waals surface area (Å²) >= 11 is 7.25. The van der Waals surface area contributed by atoms with Gasteiger partial charge in [0.1, 0.15) is 5.69 Å². The third-order valence-corrected chi connectivity index (χ3v) is 4.39. The van der Waals surface area contributed by atoms with Crippen LogP contribution >= 0.6 is 23.1 Å². The van der Waals surface area contributed by atoms with E-state index in [1.54, 1.807) is 6.07 Å². The molecule has 0 unspecified atom stereocenters. The fourth-order valence-electron chi connectivity index (χ4n) is 2.30. The Labute approximate surface area is 146 Å². The van der Waals surface area contributed by atoms with Crippen molar-refractivity contribution in [2.24, 2.45) is 0 Å². The molecule has 2 aromatic heterocycles. The van der Waals surface area contributed by atoms with Gasteiger partial charge in [-0.1, -0.05) is 41.9 Å². The number of hydrogen-bond donors (Lipinski definition) is 2. The van der Waals surface area contributed by atoms with Crippen molar-refractivity contribution < 1.29 is 4.79 Å². The number of benzene rings is 2. The predicted octanol–water partition coefficient (Wildman–Crippen LogP) is 4.39. The third kappa shape index (κ3) is 2.77. The Hall–Kier alpha value is -2.70. The molecule has 0 aliphatic carbocycles. The number of nitrogens with zero attached hydrogens (tertiary/aromatic N) is 2. The molecule has 1 amide bonds. The first-order valence-electron chi connectivity index (χ1n) is 7.11. The average Bonchev–Trinajstić information content (AvgIpc) is 3.22. The monoisotopic (exact) mass is 353 g/mol. The van der Waals surface area contributed by atoms with Crippen molar-refractivity contribution in [3.05, 3.63) is 65.3 Å². The van der Waals surface area contributed by atoms with Crippen LogP contribution in [0.25, 0.3) is 22.3 Å². The highest BCUT2D eigenvalue weighted by Crippen LogP contribution is 2.27. The lowest BCUT2D eigenvalue weighted by atomic mass is 10.2. The summed E-state index contributed by atoms with van der Waals surface area (Å²) in [5.74, 6) is 0.176. The van der Waals surface area contributed by atoms with Crippen molar-refractivity contribution >= 4 is 45.1 Å². The maximum absolute atomic E-state index is 12.3. The number of para-hydroxylation sites is 1. The number of aromatic nitrogens is 3. The molecule has 2 aromatic carbocycles. The van der Waals surface area contributed by atoms with E-state index < -0.39 is 0 Å². The van der Waals surface area contributed by atoms with Crippen LogP contribution in [-0.2, 0) is 0 Å². The van der Waals surface area contributed by atoms with Crippen LogP contribution < -0.4 is 5.32 Å². The molecular formula is C17H10ClN4OS. The van der Waals surface area contributed by atoms with E-state index in [0.717, 1.165) is 28.0 Å². The van der Waals surface area contributed by atoms with Gasteiger partial charge in [0.05, 0.1) is 5.02 Å². The number of amides is 1. The summed E-state index contributed by atoms with van der Waals surface area (Å²) in [5.41, 5.74) is 1.94. The third-order valence-electron chi connectivity index (χ3n) is 3.43. The largest absolute Gasteiger partial charge is 0.350 e. The Kier molecular flexibility index (Phi) is 3.76. The minimum Gasteiger partial charge on any atom is -0.350 e. The molecule has 7 heteroatoms. The Morgan fingerprint density at radius 1 is 1.17 bits per heavy atom. The lowest BCUT2D eigenvalue weighted by Crippen LogP contribution is -2.12. The van der Waals surface area contributed by atoms with Crippen molar-refractivity contribution in [2.45, 2.75) is 0 Å². The average molecular weight is 354 g/mol. The van der Waals surface area contributed by atoms with Crippen molar-refractivity contribution in [1.82, 2.24) is 14.3 Å². The molecule has 0 fully saturated rings. The number of nitrogens with one attached hydrogen (secondary N) is 2. The summed E-state index contributed by atoms with van der Waals surface area (Å²) in [6.07, 6.45) is 0. The number of anilines is 1. The van der Waals surface area contributed by atoms with Gasteiger partial charge in [0.15, 0.2) is 5.82 Å². The van der Waals surface area contributed by atoms with Gasteiger partial charge >= 0.3 is 0 Å². The SMILES string of the molecule is O=C(Nc1nc(-c2ccccc2Cl)ns1)c1[c]c2ccccc2[nH]1. The van der Waals surface area contributed by atoms with E-state index >= 15 is 0 Å². The number of carbonyl (C=O) groups is 1. The Morgan fingerprint density at radius 2 is 1.96 bits per heavy atom. The molecule has 1 radical (unpaired) electrons. The zero-order valence-corrected chi connectivity index (χ0v) is 13.8. The van der Waals surface area contributed by atoms with Gasteiger partial charge in [0, 0.05) is 34.1 Å². The summed E-state index contributed by atoms with van der Waals surface area (Å²) in [5, 5.41) is 4.56. The van der Waals surface area contributed by atoms with Crippen LogP contribution in [0.1, 0.15) is 10.5 Å². The molecule has 24 heavy (non-hydrogen) atoms. The number of fused-ring (bicyclic) bond motifs is 1. The predicted molar refractivity (Wildman–Crippen MR) is 95.4 cm³/mol. The van der Waals surface area contributed by atoms with E-state index in [1.165, 1.54) is 0 Å². The summed E-state index contributed by atoms with van der Waals surface area (Å²) in [6, 6.07) is 17.9. The van der Waals surface area contributed by atoms with E-state index in [0.29, 0.717) is 21.7 Å². The van der Waals surface area contributed by atoms with E-state index in [1.807, 2.05) is 42.5 Å². The van der Waals surface area contributed by atoms with Crippen LogP contribution in [-0.4, -0.2) is 20.2 Å². The Bertz CT molecular complexity index is 1010. The number of H-pyrrole nitrogens is 1. The number of halogens is 1. The fraction of sp³-hybridized carbons (Fsp3) is 0. The zero-order chi connectivity index (χ0) is 16.5. The minimum atomic E-state index is -0.312. The lowest BCUT2D eigenvalue weighted by molar-refractivity contribution is 0.102. The molecule has 0 aliphatic rings. The van der Waals surface area contributed by atoms with Crippen molar-refractivity contribution in [3.8, 4) is 11.4 Å². The molecule has 117 valence electrons. The highest BCUT2D eigenvalue weighted by atomic mass is 35.5. The topological polar surface area (TPSA) is 70.7 Å². The summed E-state index contributed by atoms with van der Waals surface area (Å²) in [4.78, 5) is 19.7. The molecule has 0 aliphatic heterocycles. The van der Waals surface area contributed by atoms with Gasteiger partial charge in [-0.3, -0.25) is 10.1 Å². The van der Waals surface area contributed by atoms with Crippen LogP contribution in [0.5, 0.6) is 0 Å². The van der Waals surface area contributed by atoms with Gasteiger partial charge in [0.25, 0.3) is 5.91 Å². The molecule has 0 saturated carbocycles. The van der Waals surface area contributed by atoms with Crippen LogP contribution in [0, 0.1) is 6.07 Å². The highest BCUT2D eigenvalue weighted by Gasteiger charge is 2.14. The second-order valence-electron chi connectivity index (χ2n) is 5.03. The van der Waals surface area contributed by atoms with Crippen LogP contribution in [0.4, 0.5) is 5.13 Å². The van der Waals surface area contributed by atoms with E-state index in [9.17, 15) is 4.79 Å². The minimum absolute atomic E-state index is 0.312. The molecule has 2 N–H and O–H groups in total. The molecule has 5 nitrogen and oxygen atoms in total. The van der Waals surface area contributed by atoms with Gasteiger partial charge in [-0.05, 0) is 18.2 Å². The van der Waals surface area contributed by atoms with Gasteiger partial charge in [0.2, 0.25) is 5.13 Å². The van der Waals surface area contributed by atoms with Crippen molar-refractivity contribution in [2.75, 3.05) is 5.32 Å². The molecule has 0 atom stereocenters. The first-order chi connectivity index (χ1) is 11.7. The molecule has 4 aromatic rings. The smallest absolute Gasteiger partial charge is 0.274 e. The Balaban J connectivity index is 1.57. The highest BCUT2D eigenvalue weighted by molar-refractivity contribution is 7.10. The number of carbonyl (C=O) groups excluding carboxylic acids is 1. The quantitative estimate of drug-likeness (QED) is 0.573. The van der Waals surface area contributed by atoms with Crippen molar-refractivity contribution in [1.29, 1.82) is 0 Å². The molecule has 0 bridgehead atoms. The Morgan fingerprint density at radius 3 is 2.79 bits per heavy atom. The fourth-order valence-corrected chi connectivity index (χ4v) is 3.10. The molecule has 4 rings (SSSR count). The number of hydrogen-bond acceptors (Lipinski definition) is 4. The lowest BCUT2D eigenvalue weighted by Gasteiger charge is -1.98. The maximum atomic E-state index is 12.3. The van der Waals surface area contributed by atoms with E-state index in [-0.39, 0.29) is 5.91 Å². The van der Waals surface area contributed by atoms with Crippen molar-refractivity contribution in [3.63, 3.8) is 0 Å². The number of rotatable bonds is 3. The van der Waals surface area contributed by atoms with Crippen LogP contribution in [0.15, 0.2) is 48.5 Å². The van der Waals surface area contributed by atoms with Crippen LogP contribution in [0.3, 0.4) is 0 Å². The van der Waals surface area contributed by atoms with E-state index in [2.05, 4.69) is 25.7 Å². The van der Waals surface area contributed by atoms with Crippen LogP contribution in [0.2, 0.25) is 5.02 Å². The first-order valence-corrected chi connectivity index (χ1v) is 8.26.